The maximum absolute atomic E-state index is 13.7. The van der Waals surface area contributed by atoms with E-state index in [1.54, 1.807) is 28.3 Å². The zero-order valence-corrected chi connectivity index (χ0v) is 22.3. The lowest BCUT2D eigenvalue weighted by Gasteiger charge is -2.34. The minimum atomic E-state index is -0.0785. The molecule has 38 heavy (non-hydrogen) atoms. The third-order valence-corrected chi connectivity index (χ3v) is 7.82. The van der Waals surface area contributed by atoms with Gasteiger partial charge in [-0.15, -0.1) is 11.3 Å². The molecule has 0 unspecified atom stereocenters. The molecular weight excluding hydrogens is 494 g/mol. The van der Waals surface area contributed by atoms with Crippen LogP contribution in [0.5, 0.6) is 0 Å². The number of pyridine rings is 1. The molecule has 0 amide bonds. The number of hydrogen-bond acceptors (Lipinski definition) is 8. The van der Waals surface area contributed by atoms with E-state index >= 15 is 0 Å². The first-order valence-corrected chi connectivity index (χ1v) is 13.7. The Balaban J connectivity index is 1.32. The van der Waals surface area contributed by atoms with Gasteiger partial charge >= 0.3 is 0 Å². The minimum Gasteiger partial charge on any atom is -0.369 e. The molecule has 0 atom stereocenters. The summed E-state index contributed by atoms with van der Waals surface area (Å²) in [5.74, 6) is 0.461. The number of nitrogens with one attached hydrogen (secondary N) is 1. The van der Waals surface area contributed by atoms with Gasteiger partial charge in [0, 0.05) is 78.4 Å². The Kier molecular flexibility index (Phi) is 6.61. The Labute approximate surface area is 225 Å². The maximum atomic E-state index is 13.7. The van der Waals surface area contributed by atoms with E-state index in [9.17, 15) is 4.79 Å². The summed E-state index contributed by atoms with van der Waals surface area (Å²) in [5, 5.41) is 6.95. The van der Waals surface area contributed by atoms with Gasteiger partial charge in [-0.1, -0.05) is 24.3 Å². The fourth-order valence-corrected chi connectivity index (χ4v) is 5.59. The van der Waals surface area contributed by atoms with Crippen LogP contribution in [-0.4, -0.2) is 57.6 Å². The zero-order valence-electron chi connectivity index (χ0n) is 21.5. The monoisotopic (exact) mass is 523 g/mol. The smallest absolute Gasteiger partial charge is 0.260 e. The molecule has 0 aliphatic carbocycles. The van der Waals surface area contributed by atoms with Gasteiger partial charge in [-0.25, -0.2) is 9.97 Å². The van der Waals surface area contributed by atoms with E-state index in [0.29, 0.717) is 23.7 Å². The van der Waals surface area contributed by atoms with Crippen molar-refractivity contribution in [2.24, 2.45) is 0 Å². The second kappa shape index (κ2) is 10.4. The number of thiazole rings is 1. The van der Waals surface area contributed by atoms with E-state index in [0.717, 1.165) is 53.4 Å². The standard InChI is InChI=1S/C29H29N7OS/c1-3-36-26-20(18-25(28(36)37)23-6-4-5-7-24(23)27-30-12-17-38-27)19-31-29(33-26)32-21-8-10-22(11-9-21)35-15-13-34(2)14-16-35/h4-12,17-19H,3,13-16H2,1-2H3,(H,31,32,33). The second-order valence-corrected chi connectivity index (χ2v) is 10.3. The highest BCUT2D eigenvalue weighted by Gasteiger charge is 2.17. The molecule has 0 spiro atoms. The molecule has 0 saturated carbocycles. The van der Waals surface area contributed by atoms with Crippen LogP contribution in [0.15, 0.2) is 77.2 Å². The Morgan fingerprint density at radius 3 is 2.42 bits per heavy atom. The van der Waals surface area contributed by atoms with Gasteiger partial charge < -0.3 is 15.1 Å². The van der Waals surface area contributed by atoms with Gasteiger partial charge in [0.15, 0.2) is 0 Å². The first kappa shape index (κ1) is 24.3. The third kappa shape index (κ3) is 4.66. The summed E-state index contributed by atoms with van der Waals surface area (Å²) in [5.41, 5.74) is 5.08. The molecule has 9 heteroatoms. The van der Waals surface area contributed by atoms with Crippen LogP contribution in [0.25, 0.3) is 32.7 Å². The Morgan fingerprint density at radius 1 is 0.947 bits per heavy atom. The van der Waals surface area contributed by atoms with Crippen LogP contribution in [0.4, 0.5) is 17.3 Å². The van der Waals surface area contributed by atoms with Gasteiger partial charge in [-0.2, -0.15) is 4.98 Å². The van der Waals surface area contributed by atoms with E-state index in [-0.39, 0.29) is 5.56 Å². The molecule has 2 aromatic carbocycles. The van der Waals surface area contributed by atoms with Crippen molar-refractivity contribution in [3.8, 4) is 21.7 Å². The second-order valence-electron chi connectivity index (χ2n) is 9.43. The molecule has 1 saturated heterocycles. The first-order chi connectivity index (χ1) is 18.6. The summed E-state index contributed by atoms with van der Waals surface area (Å²) in [6.07, 6.45) is 3.56. The summed E-state index contributed by atoms with van der Waals surface area (Å²) >= 11 is 1.56. The number of aromatic nitrogens is 4. The summed E-state index contributed by atoms with van der Waals surface area (Å²) in [6.45, 7) is 6.66. The summed E-state index contributed by atoms with van der Waals surface area (Å²) in [7, 11) is 2.16. The molecule has 192 valence electrons. The predicted molar refractivity (Wildman–Crippen MR) is 155 cm³/mol. The van der Waals surface area contributed by atoms with Crippen molar-refractivity contribution in [3.63, 3.8) is 0 Å². The lowest BCUT2D eigenvalue weighted by molar-refractivity contribution is 0.313. The largest absolute Gasteiger partial charge is 0.369 e. The van der Waals surface area contributed by atoms with Crippen LogP contribution < -0.4 is 15.8 Å². The normalized spacial score (nSPS) is 14.2. The highest BCUT2D eigenvalue weighted by atomic mass is 32.1. The van der Waals surface area contributed by atoms with Crippen LogP contribution in [0.1, 0.15) is 6.92 Å². The van der Waals surface area contributed by atoms with Crippen LogP contribution >= 0.6 is 11.3 Å². The average Bonchev–Trinajstić information content (AvgIpc) is 3.49. The molecule has 3 aromatic heterocycles. The number of rotatable bonds is 6. The van der Waals surface area contributed by atoms with Gasteiger partial charge in [0.25, 0.3) is 5.56 Å². The third-order valence-electron chi connectivity index (χ3n) is 7.02. The number of benzene rings is 2. The molecule has 5 aromatic rings. The van der Waals surface area contributed by atoms with Crippen molar-refractivity contribution < 1.29 is 0 Å². The summed E-state index contributed by atoms with van der Waals surface area (Å²) < 4.78 is 1.71. The molecule has 8 nitrogen and oxygen atoms in total. The minimum absolute atomic E-state index is 0.0785. The van der Waals surface area contributed by atoms with E-state index in [1.807, 2.05) is 54.8 Å². The molecule has 1 aliphatic heterocycles. The van der Waals surface area contributed by atoms with Crippen molar-refractivity contribution in [1.82, 2.24) is 24.4 Å². The number of hydrogen-bond donors (Lipinski definition) is 1. The van der Waals surface area contributed by atoms with Crippen LogP contribution in [0.2, 0.25) is 0 Å². The predicted octanol–water partition coefficient (Wildman–Crippen LogP) is 5.10. The molecule has 0 radical (unpaired) electrons. The van der Waals surface area contributed by atoms with Gasteiger partial charge in [-0.05, 0) is 49.9 Å². The fourth-order valence-electron chi connectivity index (χ4n) is 4.92. The highest BCUT2D eigenvalue weighted by molar-refractivity contribution is 7.13. The van der Waals surface area contributed by atoms with Crippen LogP contribution in [0.3, 0.4) is 0 Å². The molecule has 1 aliphatic rings. The van der Waals surface area contributed by atoms with Gasteiger partial charge in [-0.3, -0.25) is 9.36 Å². The first-order valence-electron chi connectivity index (χ1n) is 12.8. The van der Waals surface area contributed by atoms with Crippen molar-refractivity contribution in [2.45, 2.75) is 13.5 Å². The number of aryl methyl sites for hydroxylation is 1. The molecule has 0 bridgehead atoms. The number of fused-ring (bicyclic) bond motifs is 1. The lowest BCUT2D eigenvalue weighted by Crippen LogP contribution is -2.44. The highest BCUT2D eigenvalue weighted by Crippen LogP contribution is 2.32. The molecule has 1 N–H and O–H groups in total. The summed E-state index contributed by atoms with van der Waals surface area (Å²) in [4.78, 5) is 32.2. The van der Waals surface area contributed by atoms with Crippen molar-refractivity contribution in [1.29, 1.82) is 0 Å². The zero-order chi connectivity index (χ0) is 26.1. The van der Waals surface area contributed by atoms with E-state index < -0.39 is 0 Å². The Hall–Kier alpha value is -4.08. The molecule has 4 heterocycles. The topological polar surface area (TPSA) is 79.2 Å². The number of piperazine rings is 1. The van der Waals surface area contributed by atoms with E-state index in [2.05, 4.69) is 44.3 Å². The van der Waals surface area contributed by atoms with Crippen molar-refractivity contribution in [2.75, 3.05) is 43.4 Å². The Morgan fingerprint density at radius 2 is 1.71 bits per heavy atom. The lowest BCUT2D eigenvalue weighted by atomic mass is 10.0. The number of nitrogens with zero attached hydrogens (tertiary/aromatic N) is 6. The van der Waals surface area contributed by atoms with Gasteiger partial charge in [0.1, 0.15) is 10.7 Å². The van der Waals surface area contributed by atoms with Gasteiger partial charge in [0.05, 0.1) is 0 Å². The molecular formula is C29H29N7OS. The van der Waals surface area contributed by atoms with E-state index in [1.165, 1.54) is 5.69 Å². The molecule has 6 rings (SSSR count). The SMILES string of the molecule is CCn1c(=O)c(-c2ccccc2-c2nccs2)cc2cnc(Nc3ccc(N4CCN(C)CC4)cc3)nc21. The van der Waals surface area contributed by atoms with Crippen LogP contribution in [-0.2, 0) is 6.54 Å². The van der Waals surface area contributed by atoms with Crippen molar-refractivity contribution in [3.05, 3.63) is 82.7 Å². The summed E-state index contributed by atoms with van der Waals surface area (Å²) in [6, 6.07) is 18.1. The quantitative estimate of drug-likeness (QED) is 0.332. The van der Waals surface area contributed by atoms with Crippen LogP contribution in [0, 0.1) is 0 Å². The van der Waals surface area contributed by atoms with Crippen molar-refractivity contribution >= 4 is 39.7 Å². The Bertz CT molecular complexity index is 1620. The number of likely N-dealkylation sites (N-methyl/N-ethyl adjacent to an activating group) is 1. The van der Waals surface area contributed by atoms with E-state index in [4.69, 9.17) is 4.98 Å². The van der Waals surface area contributed by atoms with Gasteiger partial charge in [0.2, 0.25) is 5.95 Å². The number of anilines is 3. The molecule has 1 fully saturated rings. The fraction of sp³-hybridized carbons (Fsp3) is 0.241. The average molecular weight is 524 g/mol. The maximum Gasteiger partial charge on any atom is 0.260 e.